The summed E-state index contributed by atoms with van der Waals surface area (Å²) in [6.07, 6.45) is 0. The van der Waals surface area contributed by atoms with Gasteiger partial charge < -0.3 is 15.4 Å². The van der Waals surface area contributed by atoms with Gasteiger partial charge in [-0.05, 0) is 26.0 Å². The largest absolute Gasteiger partial charge is 0.384 e. The summed E-state index contributed by atoms with van der Waals surface area (Å²) in [4.78, 5) is 2.17. The molecule has 0 aromatic heterocycles. The number of nitrogens with two attached hydrogens (primary N) is 1. The Hall–Kier alpha value is -1.55. The maximum Gasteiger partial charge on any atom is 0.124 e. The predicted octanol–water partition coefficient (Wildman–Crippen LogP) is 1.83. The molecule has 0 aliphatic rings. The maximum absolute atomic E-state index is 7.58. The molecule has 17 heavy (non-hydrogen) atoms. The van der Waals surface area contributed by atoms with Crippen LogP contribution in [0.4, 0.5) is 5.69 Å². The van der Waals surface area contributed by atoms with Crippen LogP contribution in [0.3, 0.4) is 0 Å². The summed E-state index contributed by atoms with van der Waals surface area (Å²) in [6.45, 7) is 7.18. The fourth-order valence-corrected chi connectivity index (χ4v) is 1.75. The average Bonchev–Trinajstić information content (AvgIpc) is 2.35. The predicted molar refractivity (Wildman–Crippen MR) is 71.8 cm³/mol. The number of nitrogens with zero attached hydrogens (tertiary/aromatic N) is 1. The van der Waals surface area contributed by atoms with Crippen LogP contribution in [-0.2, 0) is 4.74 Å². The van der Waals surface area contributed by atoms with Crippen LogP contribution in [0, 0.1) is 5.41 Å². The van der Waals surface area contributed by atoms with E-state index in [1.807, 2.05) is 31.2 Å². The quantitative estimate of drug-likeness (QED) is 0.430. The lowest BCUT2D eigenvalue weighted by Gasteiger charge is -2.25. The van der Waals surface area contributed by atoms with E-state index in [0.717, 1.165) is 30.9 Å². The Balaban J connectivity index is 2.83. The monoisotopic (exact) mass is 235 g/mol. The van der Waals surface area contributed by atoms with E-state index in [2.05, 4.69) is 11.8 Å². The second-order valence-electron chi connectivity index (χ2n) is 3.71. The molecule has 0 saturated carbocycles. The molecule has 1 rings (SSSR count). The third kappa shape index (κ3) is 3.75. The second-order valence-corrected chi connectivity index (χ2v) is 3.71. The highest BCUT2D eigenvalue weighted by atomic mass is 16.5. The molecule has 4 nitrogen and oxygen atoms in total. The zero-order valence-electron chi connectivity index (χ0n) is 10.6. The number of amidine groups is 1. The van der Waals surface area contributed by atoms with Gasteiger partial charge in [-0.25, -0.2) is 0 Å². The molecule has 0 aliphatic heterocycles. The van der Waals surface area contributed by atoms with Crippen molar-refractivity contribution in [3.05, 3.63) is 29.8 Å². The van der Waals surface area contributed by atoms with E-state index in [1.54, 1.807) is 0 Å². The van der Waals surface area contributed by atoms with Crippen LogP contribution in [0.5, 0.6) is 0 Å². The number of hydrogen-bond acceptors (Lipinski definition) is 3. The first-order valence-electron chi connectivity index (χ1n) is 5.96. The summed E-state index contributed by atoms with van der Waals surface area (Å²) in [5, 5.41) is 7.58. The summed E-state index contributed by atoms with van der Waals surface area (Å²) in [6, 6.07) is 7.73. The highest BCUT2D eigenvalue weighted by Gasteiger charge is 2.10. The molecule has 3 N–H and O–H groups in total. The van der Waals surface area contributed by atoms with Gasteiger partial charge >= 0.3 is 0 Å². The van der Waals surface area contributed by atoms with Crippen molar-refractivity contribution in [3.8, 4) is 0 Å². The first kappa shape index (κ1) is 13.5. The van der Waals surface area contributed by atoms with Crippen molar-refractivity contribution in [3.63, 3.8) is 0 Å². The topological polar surface area (TPSA) is 62.3 Å². The molecule has 0 radical (unpaired) electrons. The van der Waals surface area contributed by atoms with Crippen molar-refractivity contribution >= 4 is 11.5 Å². The Labute approximate surface area is 103 Å². The van der Waals surface area contributed by atoms with Crippen LogP contribution in [-0.4, -0.2) is 32.1 Å². The minimum Gasteiger partial charge on any atom is -0.384 e. The van der Waals surface area contributed by atoms with Crippen molar-refractivity contribution < 1.29 is 4.74 Å². The van der Waals surface area contributed by atoms with Gasteiger partial charge in [-0.2, -0.15) is 0 Å². The van der Waals surface area contributed by atoms with Gasteiger partial charge in [-0.3, -0.25) is 5.41 Å². The van der Waals surface area contributed by atoms with Crippen LogP contribution in [0.25, 0.3) is 0 Å². The highest BCUT2D eigenvalue weighted by molar-refractivity contribution is 6.00. The minimum absolute atomic E-state index is 0.107. The van der Waals surface area contributed by atoms with E-state index >= 15 is 0 Å². The number of likely N-dealkylation sites (N-methyl/N-ethyl adjacent to an activating group) is 1. The number of para-hydroxylation sites is 1. The molecule has 0 aliphatic carbocycles. The first-order valence-corrected chi connectivity index (χ1v) is 5.96. The number of rotatable bonds is 7. The molecule has 1 aromatic rings. The minimum atomic E-state index is 0.107. The third-order valence-corrected chi connectivity index (χ3v) is 2.63. The van der Waals surface area contributed by atoms with Gasteiger partial charge in [-0.15, -0.1) is 0 Å². The number of ether oxygens (including phenoxy) is 1. The number of anilines is 1. The maximum atomic E-state index is 7.58. The second kappa shape index (κ2) is 6.91. The molecule has 0 atom stereocenters. The smallest absolute Gasteiger partial charge is 0.124 e. The molecule has 4 heteroatoms. The van der Waals surface area contributed by atoms with E-state index in [0.29, 0.717) is 6.61 Å². The molecular weight excluding hydrogens is 214 g/mol. The number of hydrogen-bond donors (Lipinski definition) is 2. The van der Waals surface area contributed by atoms with Crippen molar-refractivity contribution in [1.82, 2.24) is 0 Å². The van der Waals surface area contributed by atoms with Crippen LogP contribution >= 0.6 is 0 Å². The molecule has 0 heterocycles. The van der Waals surface area contributed by atoms with Gasteiger partial charge in [-0.1, -0.05) is 12.1 Å². The highest BCUT2D eigenvalue weighted by Crippen LogP contribution is 2.19. The summed E-state index contributed by atoms with van der Waals surface area (Å²) in [7, 11) is 0. The standard InChI is InChI=1S/C13H21N3O/c1-3-16(9-10-17-4-2)12-8-6-5-7-11(12)13(14)15/h5-8H,3-4,9-10H2,1-2H3,(H3,14,15). The number of nitrogens with one attached hydrogen (secondary N) is 1. The Kier molecular flexibility index (Phi) is 5.49. The average molecular weight is 235 g/mol. The van der Waals surface area contributed by atoms with Crippen LogP contribution in [0.2, 0.25) is 0 Å². The molecular formula is C13H21N3O. The van der Waals surface area contributed by atoms with Gasteiger partial charge in [0.05, 0.1) is 6.61 Å². The lowest BCUT2D eigenvalue weighted by atomic mass is 10.1. The fraction of sp³-hybridized carbons (Fsp3) is 0.462. The van der Waals surface area contributed by atoms with Crippen LogP contribution in [0.15, 0.2) is 24.3 Å². The van der Waals surface area contributed by atoms with Crippen LogP contribution in [0.1, 0.15) is 19.4 Å². The summed E-state index contributed by atoms with van der Waals surface area (Å²) < 4.78 is 5.36. The molecule has 0 spiro atoms. The Morgan fingerprint density at radius 1 is 1.35 bits per heavy atom. The summed E-state index contributed by atoms with van der Waals surface area (Å²) in [5.74, 6) is 0.107. The van der Waals surface area contributed by atoms with E-state index in [4.69, 9.17) is 15.9 Å². The third-order valence-electron chi connectivity index (χ3n) is 2.63. The van der Waals surface area contributed by atoms with Gasteiger partial charge in [0.15, 0.2) is 0 Å². The van der Waals surface area contributed by atoms with E-state index in [1.165, 1.54) is 0 Å². The molecule has 0 saturated heterocycles. The van der Waals surface area contributed by atoms with Crippen molar-refractivity contribution in [2.45, 2.75) is 13.8 Å². The zero-order chi connectivity index (χ0) is 12.7. The Morgan fingerprint density at radius 3 is 2.65 bits per heavy atom. The van der Waals surface area contributed by atoms with Crippen molar-refractivity contribution in [2.75, 3.05) is 31.2 Å². The first-order chi connectivity index (χ1) is 8.20. The van der Waals surface area contributed by atoms with Gasteiger partial charge in [0.1, 0.15) is 5.84 Å². The molecule has 0 fully saturated rings. The number of benzene rings is 1. The van der Waals surface area contributed by atoms with Gasteiger partial charge in [0.2, 0.25) is 0 Å². The lowest BCUT2D eigenvalue weighted by molar-refractivity contribution is 0.154. The molecule has 0 unspecified atom stereocenters. The van der Waals surface area contributed by atoms with Gasteiger partial charge in [0, 0.05) is 30.9 Å². The Morgan fingerprint density at radius 2 is 2.06 bits per heavy atom. The molecule has 1 aromatic carbocycles. The zero-order valence-corrected chi connectivity index (χ0v) is 10.6. The summed E-state index contributed by atoms with van der Waals surface area (Å²) in [5.41, 5.74) is 7.37. The molecule has 94 valence electrons. The van der Waals surface area contributed by atoms with E-state index in [9.17, 15) is 0 Å². The van der Waals surface area contributed by atoms with Crippen molar-refractivity contribution in [2.24, 2.45) is 5.73 Å². The van der Waals surface area contributed by atoms with E-state index < -0.39 is 0 Å². The van der Waals surface area contributed by atoms with E-state index in [-0.39, 0.29) is 5.84 Å². The molecule has 0 amide bonds. The van der Waals surface area contributed by atoms with Gasteiger partial charge in [0.25, 0.3) is 0 Å². The van der Waals surface area contributed by atoms with Crippen LogP contribution < -0.4 is 10.6 Å². The SMILES string of the molecule is CCOCCN(CC)c1ccccc1C(=N)N. The summed E-state index contributed by atoms with van der Waals surface area (Å²) >= 11 is 0. The normalized spacial score (nSPS) is 10.2. The fourth-order valence-electron chi connectivity index (χ4n) is 1.75. The lowest BCUT2D eigenvalue weighted by Crippen LogP contribution is -2.29. The van der Waals surface area contributed by atoms with Crippen molar-refractivity contribution in [1.29, 1.82) is 5.41 Å². The molecule has 0 bridgehead atoms. The Bertz CT molecular complexity index is 365. The number of nitrogen functional groups attached to an aromatic ring is 1.